The van der Waals surface area contributed by atoms with Crippen molar-refractivity contribution in [3.63, 3.8) is 0 Å². The van der Waals surface area contributed by atoms with Crippen LogP contribution in [0.3, 0.4) is 0 Å². The van der Waals surface area contributed by atoms with E-state index < -0.39 is 11.3 Å². The van der Waals surface area contributed by atoms with Crippen molar-refractivity contribution in [2.24, 2.45) is 0 Å². The van der Waals surface area contributed by atoms with Gasteiger partial charge < -0.3 is 14.2 Å². The van der Waals surface area contributed by atoms with Crippen molar-refractivity contribution in [2.45, 2.75) is 18.3 Å². The summed E-state index contributed by atoms with van der Waals surface area (Å²) < 4.78 is 16.6. The van der Waals surface area contributed by atoms with Crippen LogP contribution in [-0.4, -0.2) is 41.4 Å². The number of hydrogen-bond acceptors (Lipinski definition) is 7. The highest BCUT2D eigenvalue weighted by Crippen LogP contribution is 2.40. The molecule has 0 atom stereocenters. The predicted octanol–water partition coefficient (Wildman–Crippen LogP) is 3.64. The first-order valence-electron chi connectivity index (χ1n) is 9.37. The highest BCUT2D eigenvalue weighted by Gasteiger charge is 2.42. The molecule has 1 saturated heterocycles. The lowest BCUT2D eigenvalue weighted by molar-refractivity contribution is -0.139. The highest BCUT2D eigenvalue weighted by atomic mass is 35.5. The number of benzene rings is 1. The first kappa shape index (κ1) is 20.3. The van der Waals surface area contributed by atoms with Crippen LogP contribution in [0.5, 0.6) is 17.4 Å². The molecule has 0 bridgehead atoms. The molecule has 1 aliphatic heterocycles. The molecule has 1 fully saturated rings. The van der Waals surface area contributed by atoms with Gasteiger partial charge >= 0.3 is 0 Å². The quantitative estimate of drug-likeness (QED) is 0.471. The number of rotatable bonds is 5. The molecule has 3 heterocycles. The van der Waals surface area contributed by atoms with Crippen LogP contribution in [0.4, 0.5) is 0 Å². The summed E-state index contributed by atoms with van der Waals surface area (Å²) in [5, 5.41) is 10.3. The lowest BCUT2D eigenvalue weighted by Gasteiger charge is -2.35. The third-order valence-corrected chi connectivity index (χ3v) is 5.63. The van der Waals surface area contributed by atoms with Gasteiger partial charge in [-0.3, -0.25) is 10.0 Å². The molecule has 2 aromatic heterocycles. The van der Waals surface area contributed by atoms with E-state index in [1.807, 2.05) is 6.07 Å². The van der Waals surface area contributed by atoms with Gasteiger partial charge in [0.15, 0.2) is 5.65 Å². The van der Waals surface area contributed by atoms with Crippen LogP contribution in [-0.2, 0) is 14.9 Å². The smallest absolute Gasteiger partial charge is 0.254 e. The monoisotopic (exact) mass is 429 g/mol. The number of carbonyl (C=O) groups is 1. The van der Waals surface area contributed by atoms with Gasteiger partial charge in [-0.1, -0.05) is 17.7 Å². The molecule has 1 amide bonds. The van der Waals surface area contributed by atoms with Crippen LogP contribution >= 0.6 is 11.6 Å². The molecule has 0 saturated carbocycles. The molecular weight excluding hydrogens is 410 g/mol. The number of nitrogens with zero attached hydrogens (tertiary/aromatic N) is 2. The summed E-state index contributed by atoms with van der Waals surface area (Å²) in [7, 11) is 1.54. The Kier molecular flexibility index (Phi) is 5.72. The molecule has 0 aliphatic carbocycles. The average molecular weight is 430 g/mol. The molecule has 0 radical (unpaired) electrons. The topological polar surface area (TPSA) is 103 Å². The van der Waals surface area contributed by atoms with Crippen LogP contribution in [0.1, 0.15) is 18.4 Å². The number of carbonyl (C=O) groups excluding carboxylic acids is 1. The van der Waals surface area contributed by atoms with E-state index >= 15 is 0 Å². The number of methoxy groups -OCH3 is 1. The van der Waals surface area contributed by atoms with E-state index in [4.69, 9.17) is 25.8 Å². The van der Waals surface area contributed by atoms with Crippen molar-refractivity contribution in [1.82, 2.24) is 15.4 Å². The maximum absolute atomic E-state index is 12.5. The van der Waals surface area contributed by atoms with Crippen LogP contribution < -0.4 is 15.0 Å². The number of aromatic nitrogens is 2. The fraction of sp³-hybridized carbons (Fsp3) is 0.286. The zero-order valence-corrected chi connectivity index (χ0v) is 17.0. The lowest BCUT2D eigenvalue weighted by Crippen LogP contribution is -2.47. The molecule has 9 heteroatoms. The molecular formula is C21H20ClN3O5. The van der Waals surface area contributed by atoms with Crippen molar-refractivity contribution in [3.05, 3.63) is 53.2 Å². The Bertz CT molecular complexity index is 1090. The Balaban J connectivity index is 1.67. The Hall–Kier alpha value is -2.94. The maximum Gasteiger partial charge on any atom is 0.254 e. The molecule has 156 valence electrons. The second kappa shape index (κ2) is 8.43. The van der Waals surface area contributed by atoms with Gasteiger partial charge in [-0.05, 0) is 42.7 Å². The number of ether oxygens (including phenoxy) is 3. The molecule has 0 unspecified atom stereocenters. The molecule has 1 aliphatic rings. The van der Waals surface area contributed by atoms with E-state index in [1.165, 1.54) is 7.11 Å². The first-order chi connectivity index (χ1) is 14.6. The highest BCUT2D eigenvalue weighted by molar-refractivity contribution is 6.32. The van der Waals surface area contributed by atoms with Crippen molar-refractivity contribution in [1.29, 1.82) is 0 Å². The van der Waals surface area contributed by atoms with E-state index in [9.17, 15) is 10.0 Å². The fourth-order valence-electron chi connectivity index (χ4n) is 3.66. The van der Waals surface area contributed by atoms with Gasteiger partial charge in [-0.2, -0.15) is 4.98 Å². The van der Waals surface area contributed by atoms with E-state index in [0.29, 0.717) is 65.1 Å². The normalized spacial score (nSPS) is 15.6. The zero-order valence-electron chi connectivity index (χ0n) is 16.2. The summed E-state index contributed by atoms with van der Waals surface area (Å²) >= 11 is 6.51. The van der Waals surface area contributed by atoms with E-state index in [2.05, 4.69) is 9.97 Å². The minimum Gasteiger partial charge on any atom is -0.481 e. The van der Waals surface area contributed by atoms with Crippen molar-refractivity contribution < 1.29 is 24.2 Å². The van der Waals surface area contributed by atoms with Gasteiger partial charge in [0.05, 0.1) is 22.9 Å². The first-order valence-corrected chi connectivity index (χ1v) is 9.75. The Morgan fingerprint density at radius 2 is 2.00 bits per heavy atom. The molecule has 4 rings (SSSR count). The van der Waals surface area contributed by atoms with E-state index in [0.717, 1.165) is 0 Å². The largest absolute Gasteiger partial charge is 0.481 e. The van der Waals surface area contributed by atoms with Gasteiger partial charge in [0, 0.05) is 25.5 Å². The van der Waals surface area contributed by atoms with Crippen molar-refractivity contribution in [2.75, 3.05) is 20.3 Å². The molecule has 0 spiro atoms. The summed E-state index contributed by atoms with van der Waals surface area (Å²) in [6.45, 7) is 0.839. The minimum atomic E-state index is -0.904. The number of halogens is 1. The predicted molar refractivity (Wildman–Crippen MR) is 109 cm³/mol. The Labute approximate surface area is 177 Å². The number of amides is 1. The zero-order chi connectivity index (χ0) is 21.1. The summed E-state index contributed by atoms with van der Waals surface area (Å²) in [5.74, 6) is 0.947. The number of nitrogens with one attached hydrogen (secondary N) is 1. The standard InChI is InChI=1S/C21H20ClN3O5/c1-28-18-5-3-14-16(6-9-23-19(14)24-18)30-17-4-2-13(12-15(17)22)21(20(26)25-27)7-10-29-11-8-21/h2-6,9,12,27H,7-8,10-11H2,1H3,(H,25,26). The lowest BCUT2D eigenvalue weighted by atomic mass is 9.73. The van der Waals surface area contributed by atoms with Gasteiger partial charge in [0.2, 0.25) is 5.88 Å². The van der Waals surface area contributed by atoms with Crippen molar-refractivity contribution in [3.8, 4) is 17.4 Å². The van der Waals surface area contributed by atoms with Crippen LogP contribution in [0.15, 0.2) is 42.6 Å². The SMILES string of the molecule is COc1ccc2c(Oc3ccc(C4(C(=O)NO)CCOCC4)cc3Cl)ccnc2n1. The minimum absolute atomic E-state index is 0.343. The van der Waals surface area contributed by atoms with E-state index in [1.54, 1.807) is 42.0 Å². The molecule has 3 aromatic rings. The number of hydrogen-bond donors (Lipinski definition) is 2. The molecule has 30 heavy (non-hydrogen) atoms. The third kappa shape index (κ3) is 3.65. The summed E-state index contributed by atoms with van der Waals surface area (Å²) in [4.78, 5) is 21.0. The fourth-order valence-corrected chi connectivity index (χ4v) is 3.88. The molecule has 2 N–H and O–H groups in total. The number of pyridine rings is 2. The Morgan fingerprint density at radius 3 is 2.70 bits per heavy atom. The van der Waals surface area contributed by atoms with Gasteiger partial charge in [0.1, 0.15) is 11.5 Å². The average Bonchev–Trinajstić information content (AvgIpc) is 2.80. The third-order valence-electron chi connectivity index (χ3n) is 5.33. The van der Waals surface area contributed by atoms with Gasteiger partial charge in [-0.15, -0.1) is 0 Å². The second-order valence-electron chi connectivity index (χ2n) is 6.92. The van der Waals surface area contributed by atoms with E-state index in [-0.39, 0.29) is 0 Å². The molecule has 1 aromatic carbocycles. The molecule has 8 nitrogen and oxygen atoms in total. The van der Waals surface area contributed by atoms with Gasteiger partial charge in [0.25, 0.3) is 5.91 Å². The number of fused-ring (bicyclic) bond motifs is 1. The summed E-state index contributed by atoms with van der Waals surface area (Å²) in [5.41, 5.74) is 2.06. The second-order valence-corrected chi connectivity index (χ2v) is 7.32. The Morgan fingerprint density at radius 1 is 1.20 bits per heavy atom. The van der Waals surface area contributed by atoms with Crippen LogP contribution in [0.25, 0.3) is 11.0 Å². The van der Waals surface area contributed by atoms with Crippen LogP contribution in [0.2, 0.25) is 5.02 Å². The summed E-state index contributed by atoms with van der Waals surface area (Å²) in [6, 6.07) is 10.5. The van der Waals surface area contributed by atoms with Gasteiger partial charge in [-0.25, -0.2) is 10.5 Å². The maximum atomic E-state index is 12.5. The van der Waals surface area contributed by atoms with Crippen molar-refractivity contribution >= 4 is 28.5 Å². The van der Waals surface area contributed by atoms with Crippen LogP contribution in [0, 0.1) is 0 Å². The number of hydroxylamine groups is 1. The summed E-state index contributed by atoms with van der Waals surface area (Å²) in [6.07, 6.45) is 2.48.